The van der Waals surface area contributed by atoms with Crippen LogP contribution in [0.25, 0.3) is 16.2 Å². The summed E-state index contributed by atoms with van der Waals surface area (Å²) in [6.07, 6.45) is 3.95. The summed E-state index contributed by atoms with van der Waals surface area (Å²) in [6.45, 7) is 1.93. The molecule has 118 valence electrons. The Morgan fingerprint density at radius 3 is 2.75 bits per heavy atom. The van der Waals surface area contributed by atoms with Gasteiger partial charge in [0.1, 0.15) is 0 Å². The number of anilines is 1. The first kappa shape index (κ1) is 14.7. The van der Waals surface area contributed by atoms with Crippen LogP contribution >= 0.6 is 11.3 Å². The van der Waals surface area contributed by atoms with Gasteiger partial charge >= 0.3 is 0 Å². The second kappa shape index (κ2) is 5.94. The first-order chi connectivity index (χ1) is 11.7. The van der Waals surface area contributed by atoms with E-state index < -0.39 is 0 Å². The predicted octanol–water partition coefficient (Wildman–Crippen LogP) is 4.62. The number of hydrogen-bond donors (Lipinski definition) is 1. The zero-order valence-electron chi connectivity index (χ0n) is 13.1. The maximum atomic E-state index is 12.6. The van der Waals surface area contributed by atoms with Gasteiger partial charge in [-0.05, 0) is 24.6 Å². The quantitative estimate of drug-likeness (QED) is 0.594. The third kappa shape index (κ3) is 2.59. The second-order valence-corrected chi connectivity index (χ2v) is 6.41. The number of carbonyl (C=O) groups is 1. The summed E-state index contributed by atoms with van der Waals surface area (Å²) in [5, 5.41) is 5.02. The molecule has 24 heavy (non-hydrogen) atoms. The van der Waals surface area contributed by atoms with Crippen LogP contribution in [0.1, 0.15) is 15.9 Å². The molecule has 0 aliphatic carbocycles. The average molecular weight is 333 g/mol. The van der Waals surface area contributed by atoms with Gasteiger partial charge in [-0.15, -0.1) is 11.3 Å². The molecular formula is C19H15N3OS. The highest BCUT2D eigenvalue weighted by atomic mass is 32.1. The molecule has 1 amide bonds. The van der Waals surface area contributed by atoms with Crippen molar-refractivity contribution < 1.29 is 4.79 Å². The molecular weight excluding hydrogens is 318 g/mol. The fourth-order valence-electron chi connectivity index (χ4n) is 2.69. The molecule has 0 bridgehead atoms. The van der Waals surface area contributed by atoms with Crippen molar-refractivity contribution in [3.8, 4) is 11.3 Å². The van der Waals surface area contributed by atoms with E-state index in [0.717, 1.165) is 27.5 Å². The topological polar surface area (TPSA) is 46.4 Å². The van der Waals surface area contributed by atoms with E-state index >= 15 is 0 Å². The zero-order valence-corrected chi connectivity index (χ0v) is 13.9. The molecule has 0 saturated heterocycles. The normalized spacial score (nSPS) is 10.9. The van der Waals surface area contributed by atoms with Crippen molar-refractivity contribution in [2.45, 2.75) is 6.92 Å². The van der Waals surface area contributed by atoms with E-state index in [9.17, 15) is 4.79 Å². The molecule has 0 atom stereocenters. The SMILES string of the molecule is Cc1ccccc1C(=O)Nc1ccccc1-c1cn2ccsc2n1. The van der Waals surface area contributed by atoms with Gasteiger partial charge in [0.2, 0.25) is 0 Å². The summed E-state index contributed by atoms with van der Waals surface area (Å²) in [5.41, 5.74) is 4.16. The van der Waals surface area contributed by atoms with Gasteiger partial charge in [0.15, 0.2) is 4.96 Å². The Labute approximate surface area is 143 Å². The summed E-state index contributed by atoms with van der Waals surface area (Å²) < 4.78 is 1.99. The third-order valence-electron chi connectivity index (χ3n) is 3.93. The highest BCUT2D eigenvalue weighted by Gasteiger charge is 2.13. The third-order valence-corrected chi connectivity index (χ3v) is 4.70. The van der Waals surface area contributed by atoms with E-state index in [2.05, 4.69) is 10.3 Å². The van der Waals surface area contributed by atoms with Crippen molar-refractivity contribution in [3.05, 3.63) is 77.4 Å². The minimum absolute atomic E-state index is 0.110. The molecule has 0 spiro atoms. The van der Waals surface area contributed by atoms with Gasteiger partial charge in [-0.1, -0.05) is 36.4 Å². The monoisotopic (exact) mass is 333 g/mol. The zero-order chi connectivity index (χ0) is 16.5. The number of thiazole rings is 1. The summed E-state index contributed by atoms with van der Waals surface area (Å²) in [6, 6.07) is 15.3. The standard InChI is InChI=1S/C19H15N3OS/c1-13-6-2-3-7-14(13)18(23)20-16-9-5-4-8-15(16)17-12-22-10-11-24-19(22)21-17/h2-12H,1H3,(H,20,23). The lowest BCUT2D eigenvalue weighted by atomic mass is 10.1. The van der Waals surface area contributed by atoms with Gasteiger partial charge in [0.25, 0.3) is 5.91 Å². The molecule has 0 aliphatic heterocycles. The van der Waals surface area contributed by atoms with E-state index in [-0.39, 0.29) is 5.91 Å². The lowest BCUT2D eigenvalue weighted by molar-refractivity contribution is 0.102. The van der Waals surface area contributed by atoms with Gasteiger partial charge in [0.05, 0.1) is 11.4 Å². The number of aromatic nitrogens is 2. The summed E-state index contributed by atoms with van der Waals surface area (Å²) in [4.78, 5) is 18.2. The largest absolute Gasteiger partial charge is 0.321 e. The Morgan fingerprint density at radius 2 is 1.92 bits per heavy atom. The lowest BCUT2D eigenvalue weighted by Gasteiger charge is -2.11. The summed E-state index contributed by atoms with van der Waals surface area (Å²) >= 11 is 1.59. The van der Waals surface area contributed by atoms with Crippen LogP contribution in [0, 0.1) is 6.92 Å². The van der Waals surface area contributed by atoms with Crippen LogP contribution in [0.3, 0.4) is 0 Å². The maximum absolute atomic E-state index is 12.6. The van der Waals surface area contributed by atoms with Crippen LogP contribution in [0.5, 0.6) is 0 Å². The van der Waals surface area contributed by atoms with Crippen molar-refractivity contribution >= 4 is 27.9 Å². The molecule has 1 N–H and O–H groups in total. The number of para-hydroxylation sites is 1. The van der Waals surface area contributed by atoms with Gasteiger partial charge in [0, 0.05) is 28.9 Å². The number of aryl methyl sites for hydroxylation is 1. The fourth-order valence-corrected chi connectivity index (χ4v) is 3.39. The minimum Gasteiger partial charge on any atom is -0.321 e. The van der Waals surface area contributed by atoms with Crippen molar-refractivity contribution in [3.63, 3.8) is 0 Å². The summed E-state index contributed by atoms with van der Waals surface area (Å²) in [7, 11) is 0. The number of benzene rings is 2. The molecule has 0 unspecified atom stereocenters. The van der Waals surface area contributed by atoms with Crippen molar-refractivity contribution in [1.82, 2.24) is 9.38 Å². The first-order valence-electron chi connectivity index (χ1n) is 7.61. The molecule has 4 aromatic rings. The van der Waals surface area contributed by atoms with E-state index in [1.165, 1.54) is 0 Å². The molecule has 5 heteroatoms. The highest BCUT2D eigenvalue weighted by molar-refractivity contribution is 7.15. The molecule has 2 aromatic heterocycles. The van der Waals surface area contributed by atoms with E-state index in [1.54, 1.807) is 11.3 Å². The Bertz CT molecular complexity index is 1000. The van der Waals surface area contributed by atoms with Crippen LogP contribution in [0.2, 0.25) is 0 Å². The molecule has 0 fully saturated rings. The lowest BCUT2D eigenvalue weighted by Crippen LogP contribution is -2.13. The number of carbonyl (C=O) groups excluding carboxylic acids is 1. The number of imidazole rings is 1. The second-order valence-electron chi connectivity index (χ2n) is 5.53. The Hall–Kier alpha value is -2.92. The number of rotatable bonds is 3. The first-order valence-corrected chi connectivity index (χ1v) is 8.49. The van der Waals surface area contributed by atoms with Crippen LogP contribution in [0.4, 0.5) is 5.69 Å². The average Bonchev–Trinajstić information content (AvgIpc) is 3.17. The molecule has 0 radical (unpaired) electrons. The minimum atomic E-state index is -0.110. The molecule has 0 saturated carbocycles. The van der Waals surface area contributed by atoms with E-state index in [0.29, 0.717) is 5.56 Å². The molecule has 0 aliphatic rings. The molecule has 4 rings (SSSR count). The number of nitrogens with one attached hydrogen (secondary N) is 1. The summed E-state index contributed by atoms with van der Waals surface area (Å²) in [5.74, 6) is -0.110. The van der Waals surface area contributed by atoms with Crippen LogP contribution < -0.4 is 5.32 Å². The van der Waals surface area contributed by atoms with Crippen LogP contribution in [-0.2, 0) is 0 Å². The van der Waals surface area contributed by atoms with Crippen molar-refractivity contribution in [1.29, 1.82) is 0 Å². The van der Waals surface area contributed by atoms with E-state index in [1.807, 2.05) is 77.6 Å². The van der Waals surface area contributed by atoms with Gasteiger partial charge in [-0.3, -0.25) is 9.20 Å². The van der Waals surface area contributed by atoms with E-state index in [4.69, 9.17) is 0 Å². The van der Waals surface area contributed by atoms with Crippen molar-refractivity contribution in [2.24, 2.45) is 0 Å². The predicted molar refractivity (Wildman–Crippen MR) is 97.6 cm³/mol. The number of hydrogen-bond acceptors (Lipinski definition) is 3. The van der Waals surface area contributed by atoms with Gasteiger partial charge in [-0.2, -0.15) is 0 Å². The van der Waals surface area contributed by atoms with Gasteiger partial charge in [-0.25, -0.2) is 4.98 Å². The van der Waals surface area contributed by atoms with Crippen molar-refractivity contribution in [2.75, 3.05) is 5.32 Å². The van der Waals surface area contributed by atoms with Gasteiger partial charge < -0.3 is 5.32 Å². The van der Waals surface area contributed by atoms with Crippen LogP contribution in [-0.4, -0.2) is 15.3 Å². The Kier molecular flexibility index (Phi) is 3.63. The maximum Gasteiger partial charge on any atom is 0.255 e. The van der Waals surface area contributed by atoms with Crippen LogP contribution in [0.15, 0.2) is 66.3 Å². The Balaban J connectivity index is 1.70. The Morgan fingerprint density at radius 1 is 1.12 bits per heavy atom. The molecule has 2 heterocycles. The number of amides is 1. The number of nitrogens with zero attached hydrogens (tertiary/aromatic N) is 2. The smallest absolute Gasteiger partial charge is 0.255 e. The fraction of sp³-hybridized carbons (Fsp3) is 0.0526. The number of fused-ring (bicyclic) bond motifs is 1. The molecule has 4 nitrogen and oxygen atoms in total. The highest BCUT2D eigenvalue weighted by Crippen LogP contribution is 2.29. The molecule has 2 aromatic carbocycles.